The fraction of sp³-hybridized carbons (Fsp3) is 0. The molecule has 5 nitrogen and oxygen atoms in total. The molecule has 8 aromatic carbocycles. The van der Waals surface area contributed by atoms with Crippen LogP contribution in [0.4, 0.5) is 11.4 Å². The van der Waals surface area contributed by atoms with Gasteiger partial charge in [0.25, 0.3) is 0 Å². The van der Waals surface area contributed by atoms with E-state index in [-0.39, 0.29) is 0 Å². The quantitative estimate of drug-likeness (QED) is 0.163. The first-order valence-corrected chi connectivity index (χ1v) is 18.3. The van der Waals surface area contributed by atoms with Gasteiger partial charge in [-0.3, -0.25) is 0 Å². The van der Waals surface area contributed by atoms with Gasteiger partial charge in [0.2, 0.25) is 0 Å². The van der Waals surface area contributed by atoms with Crippen molar-refractivity contribution in [1.82, 2.24) is 13.7 Å². The summed E-state index contributed by atoms with van der Waals surface area (Å²) in [5.41, 5.74) is 12.5. The van der Waals surface area contributed by atoms with Crippen molar-refractivity contribution < 1.29 is 0 Å². The molecule has 11 rings (SSSR count). The van der Waals surface area contributed by atoms with Crippen molar-refractivity contribution in [2.24, 2.45) is 0 Å². The Morgan fingerprint density at radius 2 is 0.836 bits per heavy atom. The molecule has 0 radical (unpaired) electrons. The van der Waals surface area contributed by atoms with Crippen LogP contribution in [0.5, 0.6) is 0 Å². The number of rotatable bonds is 4. The fourth-order valence-corrected chi connectivity index (χ4v) is 8.83. The third-order valence-electron chi connectivity index (χ3n) is 11.1. The molecule has 0 unspecified atom stereocenters. The van der Waals surface area contributed by atoms with Gasteiger partial charge >= 0.3 is 0 Å². The zero-order valence-electron chi connectivity index (χ0n) is 29.5. The molecular weight excluding hydrogens is 671 g/mol. The molecule has 11 aromatic rings. The molecule has 0 atom stereocenters. The smallest absolute Gasteiger partial charge is 0.197 e. The average Bonchev–Trinajstić information content (AvgIpc) is 3.89. The summed E-state index contributed by atoms with van der Waals surface area (Å²) in [5, 5.41) is 6.73. The second kappa shape index (κ2) is 11.8. The van der Waals surface area contributed by atoms with Gasteiger partial charge in [-0.2, -0.15) is 0 Å². The zero-order valence-corrected chi connectivity index (χ0v) is 29.5. The molecule has 0 saturated carbocycles. The van der Waals surface area contributed by atoms with Crippen LogP contribution in [-0.2, 0) is 0 Å². The molecule has 55 heavy (non-hydrogen) atoms. The molecule has 5 heteroatoms. The van der Waals surface area contributed by atoms with Gasteiger partial charge in [0, 0.05) is 55.1 Å². The Kier molecular flexibility index (Phi) is 6.61. The third-order valence-corrected chi connectivity index (χ3v) is 11.1. The minimum absolute atomic E-state index is 0.580. The monoisotopic (exact) mass is 699 g/mol. The lowest BCUT2D eigenvalue weighted by Crippen LogP contribution is -2.00. The van der Waals surface area contributed by atoms with E-state index in [0.29, 0.717) is 11.4 Å². The van der Waals surface area contributed by atoms with Crippen LogP contribution in [-0.4, -0.2) is 13.7 Å². The largest absolute Gasteiger partial charge is 0.311 e. The topological polar surface area (TPSA) is 23.5 Å². The van der Waals surface area contributed by atoms with Crippen molar-refractivity contribution in [3.05, 3.63) is 199 Å². The van der Waals surface area contributed by atoms with Gasteiger partial charge < -0.3 is 13.7 Å². The van der Waals surface area contributed by atoms with Crippen LogP contribution in [0.25, 0.3) is 103 Å². The Balaban J connectivity index is 1.18. The van der Waals surface area contributed by atoms with Crippen molar-refractivity contribution >= 4 is 76.8 Å². The van der Waals surface area contributed by atoms with Crippen LogP contribution >= 0.6 is 0 Å². The van der Waals surface area contributed by atoms with E-state index in [2.05, 4.69) is 163 Å². The number of benzene rings is 8. The first kappa shape index (κ1) is 30.7. The summed E-state index contributed by atoms with van der Waals surface area (Å²) in [5.74, 6) is 0. The minimum Gasteiger partial charge on any atom is -0.311 e. The maximum absolute atomic E-state index is 8.40. The van der Waals surface area contributed by atoms with Gasteiger partial charge in [-0.15, -0.1) is 0 Å². The van der Waals surface area contributed by atoms with Crippen molar-refractivity contribution in [3.8, 4) is 28.2 Å². The number of fused-ring (bicyclic) bond motifs is 9. The molecule has 0 spiro atoms. The number of nitrogens with zero attached hydrogens (tertiary/aromatic N) is 5. The summed E-state index contributed by atoms with van der Waals surface area (Å²) >= 11 is 0. The second-order valence-electron chi connectivity index (χ2n) is 13.9. The Morgan fingerprint density at radius 1 is 0.345 bits per heavy atom. The lowest BCUT2D eigenvalue weighted by Gasteiger charge is -2.17. The molecular formula is C50H29N5. The number of hydrogen-bond acceptors (Lipinski definition) is 0. The van der Waals surface area contributed by atoms with E-state index in [1.807, 2.05) is 36.4 Å². The van der Waals surface area contributed by atoms with Gasteiger partial charge in [-0.1, -0.05) is 115 Å². The summed E-state index contributed by atoms with van der Waals surface area (Å²) < 4.78 is 6.93. The Bertz CT molecular complexity index is 3420. The Morgan fingerprint density at radius 3 is 1.51 bits per heavy atom. The normalized spacial score (nSPS) is 11.6. The van der Waals surface area contributed by atoms with Crippen LogP contribution in [0.15, 0.2) is 176 Å². The lowest BCUT2D eigenvalue weighted by atomic mass is 10.00. The molecule has 0 amide bonds. The SMILES string of the molecule is [C-]#[N+]c1cccc(-n2c3ccccc3c3ccc(-n4c5ccccc5c5ccccc54)cc32)c1-c1cccc(-n2c3ccccc3c3c([N+]#[C-])cccc32)c1. The van der Waals surface area contributed by atoms with E-state index in [0.717, 1.165) is 82.8 Å². The van der Waals surface area contributed by atoms with Crippen molar-refractivity contribution in [1.29, 1.82) is 0 Å². The van der Waals surface area contributed by atoms with Gasteiger partial charge in [0.05, 0.1) is 40.7 Å². The average molecular weight is 700 g/mol. The van der Waals surface area contributed by atoms with Gasteiger partial charge in [0.15, 0.2) is 11.4 Å². The van der Waals surface area contributed by atoms with E-state index < -0.39 is 0 Å². The Labute approximate surface area is 316 Å². The summed E-state index contributed by atoms with van der Waals surface area (Å²) in [6, 6.07) is 61.2. The van der Waals surface area contributed by atoms with Crippen LogP contribution in [0.2, 0.25) is 0 Å². The summed E-state index contributed by atoms with van der Waals surface area (Å²) in [6.45, 7) is 16.3. The van der Waals surface area contributed by atoms with Crippen LogP contribution < -0.4 is 0 Å². The minimum atomic E-state index is 0.580. The molecule has 254 valence electrons. The maximum atomic E-state index is 8.40. The standard InChI is InChI=1S/C50H29N5/c1-51-40-20-12-26-46(49(40)32-14-11-15-33(30-32)54-45-25-10-6-19-39(45)50-41(52-2)21-13-27-47(50)54)55-44-24-9-5-18-37(44)38-29-28-34(31-48(38)55)53-42-22-7-3-16-35(42)36-17-4-8-23-43(36)53/h3-31H. The maximum Gasteiger partial charge on any atom is 0.197 e. The van der Waals surface area contributed by atoms with E-state index in [4.69, 9.17) is 13.1 Å². The predicted octanol–water partition coefficient (Wildman–Crippen LogP) is 13.7. The zero-order chi connectivity index (χ0) is 36.6. The van der Waals surface area contributed by atoms with E-state index in [1.165, 1.54) is 10.8 Å². The second-order valence-corrected chi connectivity index (χ2v) is 13.9. The van der Waals surface area contributed by atoms with Crippen LogP contribution in [0, 0.1) is 13.1 Å². The molecule has 0 N–H and O–H groups in total. The first-order chi connectivity index (χ1) is 27.2. The molecule has 0 fully saturated rings. The first-order valence-electron chi connectivity index (χ1n) is 18.3. The molecule has 0 aliphatic carbocycles. The third kappa shape index (κ3) is 4.39. The number of para-hydroxylation sites is 4. The fourth-order valence-electron chi connectivity index (χ4n) is 8.83. The Hall–Kier alpha value is -7.86. The molecule has 0 aliphatic rings. The highest BCUT2D eigenvalue weighted by Gasteiger charge is 2.21. The number of hydrogen-bond donors (Lipinski definition) is 0. The van der Waals surface area contributed by atoms with Crippen molar-refractivity contribution in [2.45, 2.75) is 0 Å². The van der Waals surface area contributed by atoms with Gasteiger partial charge in [0.1, 0.15) is 0 Å². The molecule has 0 bridgehead atoms. The molecule has 0 aliphatic heterocycles. The van der Waals surface area contributed by atoms with Crippen LogP contribution in [0.3, 0.4) is 0 Å². The summed E-state index contributed by atoms with van der Waals surface area (Å²) in [6.07, 6.45) is 0. The predicted molar refractivity (Wildman–Crippen MR) is 227 cm³/mol. The van der Waals surface area contributed by atoms with Gasteiger partial charge in [-0.05, 0) is 71.6 Å². The highest BCUT2D eigenvalue weighted by molar-refractivity contribution is 6.16. The molecule has 3 heterocycles. The molecule has 0 saturated heterocycles. The van der Waals surface area contributed by atoms with Crippen molar-refractivity contribution in [3.63, 3.8) is 0 Å². The highest BCUT2D eigenvalue weighted by Crippen LogP contribution is 2.44. The summed E-state index contributed by atoms with van der Waals surface area (Å²) in [7, 11) is 0. The lowest BCUT2D eigenvalue weighted by molar-refractivity contribution is 1.15. The van der Waals surface area contributed by atoms with Gasteiger partial charge in [-0.25, -0.2) is 9.69 Å². The highest BCUT2D eigenvalue weighted by atomic mass is 15.0. The van der Waals surface area contributed by atoms with E-state index >= 15 is 0 Å². The number of aromatic nitrogens is 3. The van der Waals surface area contributed by atoms with E-state index in [9.17, 15) is 0 Å². The summed E-state index contributed by atoms with van der Waals surface area (Å²) in [4.78, 5) is 8.00. The van der Waals surface area contributed by atoms with Crippen molar-refractivity contribution in [2.75, 3.05) is 0 Å². The molecule has 3 aromatic heterocycles. The van der Waals surface area contributed by atoms with E-state index in [1.54, 1.807) is 0 Å². The van der Waals surface area contributed by atoms with Crippen LogP contribution in [0.1, 0.15) is 0 Å².